The standard InChI is InChI=1S/C14H15BrFNS/c1-9-5-12(18-10(9)2)8-17-7-11-3-4-14(16)13(15)6-11/h3-6,17H,7-8H2,1-2H3. The van der Waals surface area contributed by atoms with Gasteiger partial charge in [0.15, 0.2) is 0 Å². The lowest BCUT2D eigenvalue weighted by Gasteiger charge is -2.04. The smallest absolute Gasteiger partial charge is 0.137 e. The molecule has 96 valence electrons. The molecule has 0 amide bonds. The van der Waals surface area contributed by atoms with E-state index < -0.39 is 0 Å². The summed E-state index contributed by atoms with van der Waals surface area (Å²) in [7, 11) is 0. The summed E-state index contributed by atoms with van der Waals surface area (Å²) in [6, 6.07) is 7.32. The molecule has 0 bridgehead atoms. The average Bonchev–Trinajstić information content (AvgIpc) is 2.63. The number of benzene rings is 1. The Hall–Kier alpha value is -0.710. The fourth-order valence-corrected chi connectivity index (χ4v) is 3.17. The molecule has 2 aromatic rings. The molecule has 0 aliphatic rings. The first kappa shape index (κ1) is 13.7. The third-order valence-corrected chi connectivity index (χ3v) is 4.59. The maximum Gasteiger partial charge on any atom is 0.137 e. The van der Waals surface area contributed by atoms with E-state index in [0.29, 0.717) is 4.47 Å². The highest BCUT2D eigenvalue weighted by molar-refractivity contribution is 9.10. The zero-order valence-corrected chi connectivity index (χ0v) is 12.8. The first-order valence-corrected chi connectivity index (χ1v) is 7.38. The molecule has 0 aliphatic carbocycles. The van der Waals surface area contributed by atoms with Gasteiger partial charge in [0.1, 0.15) is 5.82 Å². The van der Waals surface area contributed by atoms with Gasteiger partial charge >= 0.3 is 0 Å². The summed E-state index contributed by atoms with van der Waals surface area (Å²) in [6.45, 7) is 5.87. The van der Waals surface area contributed by atoms with Gasteiger partial charge in [0.25, 0.3) is 0 Å². The van der Waals surface area contributed by atoms with Gasteiger partial charge in [0.05, 0.1) is 4.47 Å². The summed E-state index contributed by atoms with van der Waals surface area (Å²) in [5, 5.41) is 3.37. The minimum atomic E-state index is -0.219. The second-order valence-corrected chi connectivity index (χ2v) is 6.50. The van der Waals surface area contributed by atoms with Gasteiger partial charge in [-0.05, 0) is 59.1 Å². The number of hydrogen-bond donors (Lipinski definition) is 1. The molecule has 0 saturated heterocycles. The van der Waals surface area contributed by atoms with Crippen LogP contribution in [0, 0.1) is 19.7 Å². The van der Waals surface area contributed by atoms with Crippen LogP contribution in [0.15, 0.2) is 28.7 Å². The SMILES string of the molecule is Cc1cc(CNCc2ccc(F)c(Br)c2)sc1C. The van der Waals surface area contributed by atoms with E-state index in [1.807, 2.05) is 17.4 Å². The van der Waals surface area contributed by atoms with Crippen LogP contribution in [0.5, 0.6) is 0 Å². The molecule has 4 heteroatoms. The number of aryl methyl sites for hydroxylation is 2. The van der Waals surface area contributed by atoms with Crippen LogP contribution in [0.25, 0.3) is 0 Å². The van der Waals surface area contributed by atoms with E-state index in [2.05, 4.69) is 41.2 Å². The lowest BCUT2D eigenvalue weighted by Crippen LogP contribution is -2.11. The van der Waals surface area contributed by atoms with E-state index in [1.165, 1.54) is 21.4 Å². The van der Waals surface area contributed by atoms with Crippen molar-refractivity contribution in [3.63, 3.8) is 0 Å². The molecule has 0 radical (unpaired) electrons. The van der Waals surface area contributed by atoms with Gasteiger partial charge in [-0.1, -0.05) is 6.07 Å². The third-order valence-electron chi connectivity index (χ3n) is 2.83. The molecule has 0 atom stereocenters. The zero-order valence-electron chi connectivity index (χ0n) is 10.4. The Kier molecular flexibility index (Phi) is 4.54. The summed E-state index contributed by atoms with van der Waals surface area (Å²) >= 11 is 5.02. The first-order valence-electron chi connectivity index (χ1n) is 5.77. The largest absolute Gasteiger partial charge is 0.308 e. The number of halogens is 2. The van der Waals surface area contributed by atoms with E-state index in [-0.39, 0.29) is 5.82 Å². The zero-order chi connectivity index (χ0) is 13.1. The summed E-state index contributed by atoms with van der Waals surface area (Å²) in [4.78, 5) is 2.71. The van der Waals surface area contributed by atoms with Crippen molar-refractivity contribution < 1.29 is 4.39 Å². The van der Waals surface area contributed by atoms with E-state index in [4.69, 9.17) is 0 Å². The van der Waals surface area contributed by atoms with Crippen molar-refractivity contribution in [2.24, 2.45) is 0 Å². The Balaban J connectivity index is 1.90. The molecule has 1 aromatic heterocycles. The Morgan fingerprint density at radius 1 is 1.22 bits per heavy atom. The van der Waals surface area contributed by atoms with Crippen molar-refractivity contribution in [3.05, 3.63) is 55.4 Å². The van der Waals surface area contributed by atoms with Crippen LogP contribution in [-0.4, -0.2) is 0 Å². The fraction of sp³-hybridized carbons (Fsp3) is 0.286. The molecule has 1 N–H and O–H groups in total. The van der Waals surface area contributed by atoms with Crippen molar-refractivity contribution >= 4 is 27.3 Å². The van der Waals surface area contributed by atoms with E-state index in [0.717, 1.165) is 18.7 Å². The van der Waals surface area contributed by atoms with Gasteiger partial charge in [0, 0.05) is 22.8 Å². The van der Waals surface area contributed by atoms with Crippen LogP contribution in [-0.2, 0) is 13.1 Å². The maximum atomic E-state index is 13.1. The molecule has 1 heterocycles. The summed E-state index contributed by atoms with van der Waals surface area (Å²) in [5.41, 5.74) is 2.43. The molecule has 2 rings (SSSR count). The van der Waals surface area contributed by atoms with Crippen LogP contribution in [0.2, 0.25) is 0 Å². The van der Waals surface area contributed by atoms with Gasteiger partial charge in [-0.3, -0.25) is 0 Å². The van der Waals surface area contributed by atoms with Gasteiger partial charge in [-0.15, -0.1) is 11.3 Å². The lowest BCUT2D eigenvalue weighted by molar-refractivity contribution is 0.618. The summed E-state index contributed by atoms with van der Waals surface area (Å²) in [6.07, 6.45) is 0. The summed E-state index contributed by atoms with van der Waals surface area (Å²) in [5.74, 6) is -0.219. The second-order valence-electron chi connectivity index (χ2n) is 4.30. The fourth-order valence-electron chi connectivity index (χ4n) is 1.72. The van der Waals surface area contributed by atoms with Crippen molar-refractivity contribution in [2.45, 2.75) is 26.9 Å². The van der Waals surface area contributed by atoms with Gasteiger partial charge in [0.2, 0.25) is 0 Å². The Morgan fingerprint density at radius 3 is 2.61 bits per heavy atom. The highest BCUT2D eigenvalue weighted by Gasteiger charge is 2.03. The molecule has 0 spiro atoms. The molecule has 0 aliphatic heterocycles. The lowest BCUT2D eigenvalue weighted by atomic mass is 10.2. The highest BCUT2D eigenvalue weighted by atomic mass is 79.9. The topological polar surface area (TPSA) is 12.0 Å². The molecule has 18 heavy (non-hydrogen) atoms. The molecular weight excluding hydrogens is 313 g/mol. The quantitative estimate of drug-likeness (QED) is 0.868. The second kappa shape index (κ2) is 5.95. The van der Waals surface area contributed by atoms with Crippen LogP contribution < -0.4 is 5.32 Å². The van der Waals surface area contributed by atoms with E-state index >= 15 is 0 Å². The van der Waals surface area contributed by atoms with Crippen molar-refractivity contribution in [1.29, 1.82) is 0 Å². The Morgan fingerprint density at radius 2 is 2.00 bits per heavy atom. The van der Waals surface area contributed by atoms with Gasteiger partial charge < -0.3 is 5.32 Å². The summed E-state index contributed by atoms with van der Waals surface area (Å²) < 4.78 is 13.6. The van der Waals surface area contributed by atoms with E-state index in [1.54, 1.807) is 6.07 Å². The highest BCUT2D eigenvalue weighted by Crippen LogP contribution is 2.20. The van der Waals surface area contributed by atoms with Gasteiger partial charge in [-0.25, -0.2) is 4.39 Å². The monoisotopic (exact) mass is 327 g/mol. The predicted octanol–water partition coefficient (Wildman–Crippen LogP) is 4.56. The molecule has 1 aromatic carbocycles. The Labute approximate surface area is 119 Å². The van der Waals surface area contributed by atoms with Crippen LogP contribution >= 0.6 is 27.3 Å². The molecule has 0 unspecified atom stereocenters. The van der Waals surface area contributed by atoms with Crippen LogP contribution in [0.1, 0.15) is 20.9 Å². The molecule has 0 fully saturated rings. The van der Waals surface area contributed by atoms with Crippen LogP contribution in [0.4, 0.5) is 4.39 Å². The van der Waals surface area contributed by atoms with Crippen molar-refractivity contribution in [3.8, 4) is 0 Å². The van der Waals surface area contributed by atoms with Gasteiger partial charge in [-0.2, -0.15) is 0 Å². The first-order chi connectivity index (χ1) is 8.56. The number of hydrogen-bond acceptors (Lipinski definition) is 2. The average molecular weight is 328 g/mol. The van der Waals surface area contributed by atoms with Crippen molar-refractivity contribution in [1.82, 2.24) is 5.32 Å². The molecule has 1 nitrogen and oxygen atoms in total. The van der Waals surface area contributed by atoms with Crippen LogP contribution in [0.3, 0.4) is 0 Å². The predicted molar refractivity (Wildman–Crippen MR) is 78.4 cm³/mol. The maximum absolute atomic E-state index is 13.1. The number of rotatable bonds is 4. The minimum Gasteiger partial charge on any atom is -0.308 e. The van der Waals surface area contributed by atoms with E-state index in [9.17, 15) is 4.39 Å². The third kappa shape index (κ3) is 3.40. The normalized spacial score (nSPS) is 10.9. The molecule has 0 saturated carbocycles. The Bertz CT molecular complexity index is 531. The minimum absolute atomic E-state index is 0.219. The number of thiophene rings is 1. The van der Waals surface area contributed by atoms with Crippen molar-refractivity contribution in [2.75, 3.05) is 0 Å². The number of nitrogens with one attached hydrogen (secondary N) is 1. The molecular formula is C14H15BrFNS.